The van der Waals surface area contributed by atoms with Crippen molar-refractivity contribution in [2.75, 3.05) is 19.8 Å². The highest BCUT2D eigenvalue weighted by Gasteiger charge is 2.45. The van der Waals surface area contributed by atoms with E-state index in [9.17, 15) is 9.90 Å². The fourth-order valence-electron chi connectivity index (χ4n) is 4.47. The molecule has 0 amide bonds. The zero-order chi connectivity index (χ0) is 25.1. The summed E-state index contributed by atoms with van der Waals surface area (Å²) in [4.78, 5) is 11.6. The van der Waals surface area contributed by atoms with Crippen molar-refractivity contribution in [1.29, 1.82) is 0 Å². The van der Waals surface area contributed by atoms with Crippen LogP contribution in [0.4, 0.5) is 0 Å². The van der Waals surface area contributed by atoms with Crippen LogP contribution in [-0.2, 0) is 23.7 Å². The molecule has 34 heavy (non-hydrogen) atoms. The first-order chi connectivity index (χ1) is 16.4. The maximum Gasteiger partial charge on any atom is 0.305 e. The zero-order valence-electron chi connectivity index (χ0n) is 22.7. The van der Waals surface area contributed by atoms with Gasteiger partial charge in [0.1, 0.15) is 24.9 Å². The Hall–Kier alpha value is -0.690. The third-order valence-corrected chi connectivity index (χ3v) is 6.39. The quantitative estimate of drug-likeness (QED) is 0.135. The molecule has 1 heterocycles. The van der Waals surface area contributed by atoms with Crippen LogP contribution in [0.3, 0.4) is 0 Å². The summed E-state index contributed by atoms with van der Waals surface area (Å²) < 4.78 is 22.7. The van der Waals surface area contributed by atoms with E-state index in [0.717, 1.165) is 12.8 Å². The van der Waals surface area contributed by atoms with Gasteiger partial charge in [-0.05, 0) is 26.7 Å². The molecule has 0 aromatic rings. The van der Waals surface area contributed by atoms with Gasteiger partial charge in [0.25, 0.3) is 0 Å². The van der Waals surface area contributed by atoms with Crippen LogP contribution in [0.25, 0.3) is 0 Å². The van der Waals surface area contributed by atoms with E-state index >= 15 is 0 Å². The first kappa shape index (κ1) is 31.3. The van der Waals surface area contributed by atoms with Crippen molar-refractivity contribution in [2.45, 2.75) is 155 Å². The summed E-state index contributed by atoms with van der Waals surface area (Å²) in [5, 5.41) is 10.5. The summed E-state index contributed by atoms with van der Waals surface area (Å²) in [5.41, 5.74) is 0. The Morgan fingerprint density at radius 2 is 1.35 bits per heavy atom. The van der Waals surface area contributed by atoms with Crippen molar-refractivity contribution < 1.29 is 28.8 Å². The molecule has 1 rings (SSSR count). The standard InChI is InChI=1S/C28H54O6/c1-5-7-8-9-10-11-12-13-14-15-16-17-18-19-21-31-23-25-27(34-28(3,4)33-25)24(29)22-32-26(30)20-6-2/h24-25,27,29H,5-23H2,1-4H3. The predicted octanol–water partition coefficient (Wildman–Crippen LogP) is 6.71. The molecule has 0 aliphatic carbocycles. The molecule has 0 aromatic carbocycles. The normalized spacial score (nSPS) is 20.5. The third-order valence-electron chi connectivity index (χ3n) is 6.39. The second kappa shape index (κ2) is 19.5. The number of carbonyl (C=O) groups is 1. The van der Waals surface area contributed by atoms with Crippen LogP contribution in [0.5, 0.6) is 0 Å². The van der Waals surface area contributed by atoms with Crippen molar-refractivity contribution in [1.82, 2.24) is 0 Å². The van der Waals surface area contributed by atoms with Crippen molar-refractivity contribution in [3.63, 3.8) is 0 Å². The molecule has 1 aliphatic rings. The minimum atomic E-state index is -0.933. The molecule has 6 heteroatoms. The van der Waals surface area contributed by atoms with Crippen molar-refractivity contribution >= 4 is 5.97 Å². The highest BCUT2D eigenvalue weighted by atomic mass is 16.8. The van der Waals surface area contributed by atoms with Gasteiger partial charge in [-0.25, -0.2) is 0 Å². The number of aliphatic hydroxyl groups excluding tert-OH is 1. The van der Waals surface area contributed by atoms with Gasteiger partial charge < -0.3 is 24.1 Å². The van der Waals surface area contributed by atoms with E-state index in [1.165, 1.54) is 83.5 Å². The Labute approximate surface area is 209 Å². The number of unbranched alkanes of at least 4 members (excludes halogenated alkanes) is 13. The summed E-state index contributed by atoms with van der Waals surface area (Å²) >= 11 is 0. The minimum absolute atomic E-state index is 0.0849. The van der Waals surface area contributed by atoms with Crippen LogP contribution in [0, 0.1) is 0 Å². The molecule has 0 radical (unpaired) electrons. The van der Waals surface area contributed by atoms with E-state index in [4.69, 9.17) is 18.9 Å². The zero-order valence-corrected chi connectivity index (χ0v) is 22.7. The topological polar surface area (TPSA) is 74.2 Å². The van der Waals surface area contributed by atoms with Gasteiger partial charge >= 0.3 is 5.97 Å². The fraction of sp³-hybridized carbons (Fsp3) is 0.964. The van der Waals surface area contributed by atoms with Crippen LogP contribution in [0.2, 0.25) is 0 Å². The Kier molecular flexibility index (Phi) is 18.0. The lowest BCUT2D eigenvalue weighted by Gasteiger charge is -2.22. The number of ether oxygens (including phenoxy) is 4. The van der Waals surface area contributed by atoms with Gasteiger partial charge in [-0.1, -0.05) is 97.3 Å². The number of rotatable bonds is 22. The summed E-state index contributed by atoms with van der Waals surface area (Å²) in [7, 11) is 0. The Morgan fingerprint density at radius 3 is 1.88 bits per heavy atom. The second-order valence-corrected chi connectivity index (χ2v) is 10.3. The van der Waals surface area contributed by atoms with E-state index in [1.54, 1.807) is 0 Å². The lowest BCUT2D eigenvalue weighted by Crippen LogP contribution is -2.41. The summed E-state index contributed by atoms with van der Waals surface area (Å²) in [6.45, 7) is 8.80. The van der Waals surface area contributed by atoms with Crippen LogP contribution >= 0.6 is 0 Å². The van der Waals surface area contributed by atoms with Crippen LogP contribution in [0.1, 0.15) is 130 Å². The average molecular weight is 487 g/mol. The smallest absolute Gasteiger partial charge is 0.305 e. The first-order valence-corrected chi connectivity index (χ1v) is 14.2. The number of esters is 1. The molecule has 0 spiro atoms. The van der Waals surface area contributed by atoms with Gasteiger partial charge in [-0.3, -0.25) is 4.79 Å². The Morgan fingerprint density at radius 1 is 0.824 bits per heavy atom. The van der Waals surface area contributed by atoms with Gasteiger partial charge in [0, 0.05) is 13.0 Å². The Bertz CT molecular complexity index is 495. The average Bonchev–Trinajstić information content (AvgIpc) is 3.11. The molecule has 6 nitrogen and oxygen atoms in total. The molecule has 0 aromatic heterocycles. The lowest BCUT2D eigenvalue weighted by atomic mass is 10.0. The summed E-state index contributed by atoms with van der Waals surface area (Å²) in [5.74, 6) is -1.09. The molecule has 202 valence electrons. The number of carbonyl (C=O) groups excluding carboxylic acids is 1. The number of hydrogen-bond donors (Lipinski definition) is 1. The predicted molar refractivity (Wildman–Crippen MR) is 137 cm³/mol. The number of aliphatic hydroxyl groups is 1. The SMILES string of the molecule is CCCCCCCCCCCCCCCCOCC1OC(C)(C)OC1C(O)COC(=O)CCC. The first-order valence-electron chi connectivity index (χ1n) is 14.2. The third kappa shape index (κ3) is 15.3. The van der Waals surface area contributed by atoms with Crippen LogP contribution in [-0.4, -0.2) is 55.0 Å². The molecule has 1 aliphatic heterocycles. The van der Waals surface area contributed by atoms with Gasteiger partial charge in [0.05, 0.1) is 6.61 Å². The molecule has 1 fully saturated rings. The lowest BCUT2D eigenvalue weighted by molar-refractivity contribution is -0.164. The van der Waals surface area contributed by atoms with E-state index in [0.29, 0.717) is 19.6 Å². The summed E-state index contributed by atoms with van der Waals surface area (Å²) in [6.07, 6.45) is 17.9. The van der Waals surface area contributed by atoms with Crippen molar-refractivity contribution in [2.24, 2.45) is 0 Å². The van der Waals surface area contributed by atoms with Crippen LogP contribution < -0.4 is 0 Å². The van der Waals surface area contributed by atoms with Gasteiger partial charge in [-0.15, -0.1) is 0 Å². The molecule has 1 saturated heterocycles. The molecule has 0 bridgehead atoms. The van der Waals surface area contributed by atoms with Gasteiger partial charge in [-0.2, -0.15) is 0 Å². The minimum Gasteiger partial charge on any atom is -0.463 e. The highest BCUT2D eigenvalue weighted by molar-refractivity contribution is 5.69. The highest BCUT2D eigenvalue weighted by Crippen LogP contribution is 2.30. The molecule has 3 unspecified atom stereocenters. The van der Waals surface area contributed by atoms with Crippen molar-refractivity contribution in [3.05, 3.63) is 0 Å². The van der Waals surface area contributed by atoms with E-state index in [-0.39, 0.29) is 18.7 Å². The van der Waals surface area contributed by atoms with Crippen molar-refractivity contribution in [3.8, 4) is 0 Å². The van der Waals surface area contributed by atoms with E-state index < -0.39 is 18.0 Å². The largest absolute Gasteiger partial charge is 0.463 e. The molecule has 0 saturated carbocycles. The Balaban J connectivity index is 2.03. The van der Waals surface area contributed by atoms with Gasteiger partial charge in [0.2, 0.25) is 0 Å². The van der Waals surface area contributed by atoms with E-state index in [1.807, 2.05) is 20.8 Å². The van der Waals surface area contributed by atoms with Gasteiger partial charge in [0.15, 0.2) is 5.79 Å². The second-order valence-electron chi connectivity index (χ2n) is 10.3. The van der Waals surface area contributed by atoms with Crippen LogP contribution in [0.15, 0.2) is 0 Å². The van der Waals surface area contributed by atoms with E-state index in [2.05, 4.69) is 6.92 Å². The molecule has 3 atom stereocenters. The monoisotopic (exact) mass is 486 g/mol. The maximum atomic E-state index is 11.6. The number of hydrogen-bond acceptors (Lipinski definition) is 6. The fourth-order valence-corrected chi connectivity index (χ4v) is 4.47. The molecular weight excluding hydrogens is 432 g/mol. The maximum absolute atomic E-state index is 11.6. The molecular formula is C28H54O6. The summed E-state index contributed by atoms with van der Waals surface area (Å²) in [6, 6.07) is 0. The molecule has 1 N–H and O–H groups in total.